The predicted octanol–water partition coefficient (Wildman–Crippen LogP) is 0.374. The van der Waals surface area contributed by atoms with Crippen LogP contribution in [0.1, 0.15) is 19.4 Å². The van der Waals surface area contributed by atoms with Crippen molar-refractivity contribution in [3.8, 4) is 0 Å². The number of likely N-dealkylation sites (N-methyl/N-ethyl adjacent to an activating group) is 1. The van der Waals surface area contributed by atoms with Crippen molar-refractivity contribution in [1.29, 1.82) is 0 Å². The van der Waals surface area contributed by atoms with E-state index in [1.807, 2.05) is 20.2 Å². The quantitative estimate of drug-likeness (QED) is 0.802. The Morgan fingerprint density at radius 2 is 2.18 bits per heavy atom. The van der Waals surface area contributed by atoms with Crippen molar-refractivity contribution in [3.63, 3.8) is 0 Å². The number of nitrogens with zero attached hydrogens (tertiary/aromatic N) is 2. The van der Waals surface area contributed by atoms with Gasteiger partial charge in [0.25, 0.3) is 0 Å². The van der Waals surface area contributed by atoms with Crippen molar-refractivity contribution in [1.82, 2.24) is 15.1 Å². The number of aryl methyl sites for hydroxylation is 1. The van der Waals surface area contributed by atoms with E-state index < -0.39 is 15.1 Å². The molecule has 0 saturated heterocycles. The van der Waals surface area contributed by atoms with Gasteiger partial charge in [-0.15, -0.1) is 0 Å². The molecule has 0 fully saturated rings. The maximum Gasteiger partial charge on any atom is 0.151 e. The van der Waals surface area contributed by atoms with Gasteiger partial charge in [0.2, 0.25) is 0 Å². The van der Waals surface area contributed by atoms with Gasteiger partial charge in [0.05, 0.1) is 11.4 Å². The second kappa shape index (κ2) is 5.64. The molecule has 2 atom stereocenters. The average molecular weight is 259 g/mol. The summed E-state index contributed by atoms with van der Waals surface area (Å²) in [6.07, 6.45) is 5.65. The average Bonchev–Trinajstić information content (AvgIpc) is 2.61. The van der Waals surface area contributed by atoms with Crippen molar-refractivity contribution < 1.29 is 8.42 Å². The summed E-state index contributed by atoms with van der Waals surface area (Å²) in [5.41, 5.74) is 1.05. The van der Waals surface area contributed by atoms with Crippen LogP contribution >= 0.6 is 0 Å². The molecule has 0 aliphatic rings. The third kappa shape index (κ3) is 4.12. The van der Waals surface area contributed by atoms with Crippen molar-refractivity contribution in [2.45, 2.75) is 31.6 Å². The van der Waals surface area contributed by atoms with E-state index in [0.29, 0.717) is 6.42 Å². The van der Waals surface area contributed by atoms with Gasteiger partial charge in [-0.25, -0.2) is 8.42 Å². The fraction of sp³-hybridized carbons (Fsp3) is 0.727. The predicted molar refractivity (Wildman–Crippen MR) is 68.7 cm³/mol. The molecule has 98 valence electrons. The van der Waals surface area contributed by atoms with Crippen molar-refractivity contribution in [2.75, 3.05) is 12.8 Å². The van der Waals surface area contributed by atoms with E-state index in [-0.39, 0.29) is 6.04 Å². The molecule has 6 heteroatoms. The zero-order valence-corrected chi connectivity index (χ0v) is 11.7. The lowest BCUT2D eigenvalue weighted by atomic mass is 10.1. The van der Waals surface area contributed by atoms with Gasteiger partial charge in [0, 0.05) is 25.5 Å². The number of hydrogen-bond acceptors (Lipinski definition) is 4. The van der Waals surface area contributed by atoms with Crippen molar-refractivity contribution >= 4 is 9.84 Å². The summed E-state index contributed by atoms with van der Waals surface area (Å²) in [7, 11) is -1.17. The standard InChI is InChI=1S/C11H21N3O2S/c1-5-12-11(9(2)17(4,15)16)6-10-7-13-14(3)8-10/h7-9,11-12H,5-6H2,1-4H3. The lowest BCUT2D eigenvalue weighted by Gasteiger charge is -2.22. The normalized spacial score (nSPS) is 15.8. The lowest BCUT2D eigenvalue weighted by Crippen LogP contribution is -2.43. The van der Waals surface area contributed by atoms with Crippen LogP contribution in [0, 0.1) is 0 Å². The maximum atomic E-state index is 11.6. The monoisotopic (exact) mass is 259 g/mol. The SMILES string of the molecule is CCNC(Cc1cnn(C)c1)C(C)S(C)(=O)=O. The highest BCUT2D eigenvalue weighted by molar-refractivity contribution is 7.91. The molecule has 0 bridgehead atoms. The van der Waals surface area contributed by atoms with Crippen LogP contribution in [0.2, 0.25) is 0 Å². The summed E-state index contributed by atoms with van der Waals surface area (Å²) in [5.74, 6) is 0. The molecule has 2 unspecified atom stereocenters. The molecule has 0 spiro atoms. The summed E-state index contributed by atoms with van der Waals surface area (Å²) < 4.78 is 24.9. The minimum atomic E-state index is -3.03. The van der Waals surface area contributed by atoms with Crippen LogP contribution in [-0.2, 0) is 23.3 Å². The Balaban J connectivity index is 2.79. The lowest BCUT2D eigenvalue weighted by molar-refractivity contribution is 0.493. The first-order valence-electron chi connectivity index (χ1n) is 5.74. The molecular weight excluding hydrogens is 238 g/mol. The molecule has 1 N–H and O–H groups in total. The third-order valence-electron chi connectivity index (χ3n) is 2.92. The van der Waals surface area contributed by atoms with Gasteiger partial charge >= 0.3 is 0 Å². The summed E-state index contributed by atoms with van der Waals surface area (Å²) in [6, 6.07) is -0.0702. The second-order valence-corrected chi connectivity index (χ2v) is 6.83. The van der Waals surface area contributed by atoms with E-state index in [1.165, 1.54) is 6.26 Å². The molecule has 0 aliphatic heterocycles. The topological polar surface area (TPSA) is 64.0 Å². The van der Waals surface area contributed by atoms with E-state index in [9.17, 15) is 8.42 Å². The van der Waals surface area contributed by atoms with Crippen LogP contribution in [0.15, 0.2) is 12.4 Å². The van der Waals surface area contributed by atoms with Crippen LogP contribution < -0.4 is 5.32 Å². The van der Waals surface area contributed by atoms with Gasteiger partial charge in [-0.1, -0.05) is 6.92 Å². The van der Waals surface area contributed by atoms with E-state index in [4.69, 9.17) is 0 Å². The molecule has 17 heavy (non-hydrogen) atoms. The Morgan fingerprint density at radius 3 is 2.59 bits per heavy atom. The minimum absolute atomic E-state index is 0.0702. The molecule has 0 saturated carbocycles. The highest BCUT2D eigenvalue weighted by Gasteiger charge is 2.25. The summed E-state index contributed by atoms with van der Waals surface area (Å²) in [6.45, 7) is 4.48. The number of sulfone groups is 1. The molecule has 1 heterocycles. The van der Waals surface area contributed by atoms with Crippen LogP contribution in [0.25, 0.3) is 0 Å². The zero-order valence-electron chi connectivity index (χ0n) is 10.8. The van der Waals surface area contributed by atoms with Gasteiger partial charge < -0.3 is 5.32 Å². The van der Waals surface area contributed by atoms with E-state index in [1.54, 1.807) is 17.8 Å². The van der Waals surface area contributed by atoms with Crippen LogP contribution in [0.3, 0.4) is 0 Å². The van der Waals surface area contributed by atoms with Gasteiger partial charge in [0.1, 0.15) is 0 Å². The summed E-state index contributed by atoms with van der Waals surface area (Å²) >= 11 is 0. The molecule has 5 nitrogen and oxygen atoms in total. The van der Waals surface area contributed by atoms with Crippen LogP contribution in [-0.4, -0.2) is 42.3 Å². The number of hydrogen-bond donors (Lipinski definition) is 1. The fourth-order valence-corrected chi connectivity index (χ4v) is 2.59. The van der Waals surface area contributed by atoms with Gasteiger partial charge in [0.15, 0.2) is 9.84 Å². The molecule has 0 amide bonds. The summed E-state index contributed by atoms with van der Waals surface area (Å²) in [5, 5.41) is 6.92. The molecule has 0 aliphatic carbocycles. The van der Waals surface area contributed by atoms with Gasteiger partial charge in [-0.05, 0) is 25.5 Å². The van der Waals surface area contributed by atoms with Gasteiger partial charge in [-0.2, -0.15) is 5.10 Å². The Labute approximate surface area is 103 Å². The Kier molecular flexibility index (Phi) is 4.70. The summed E-state index contributed by atoms with van der Waals surface area (Å²) in [4.78, 5) is 0. The number of rotatable bonds is 6. The molecular formula is C11H21N3O2S. The van der Waals surface area contributed by atoms with E-state index >= 15 is 0 Å². The van der Waals surface area contributed by atoms with E-state index in [2.05, 4.69) is 10.4 Å². The zero-order chi connectivity index (χ0) is 13.1. The smallest absolute Gasteiger partial charge is 0.151 e. The minimum Gasteiger partial charge on any atom is -0.313 e. The van der Waals surface area contributed by atoms with Crippen molar-refractivity contribution in [2.24, 2.45) is 7.05 Å². The number of nitrogens with one attached hydrogen (secondary N) is 1. The van der Waals surface area contributed by atoms with Crippen LogP contribution in [0.5, 0.6) is 0 Å². The second-order valence-electron chi connectivity index (χ2n) is 4.43. The Hall–Kier alpha value is -0.880. The molecule has 1 aromatic rings. The molecule has 1 aromatic heterocycles. The van der Waals surface area contributed by atoms with Crippen molar-refractivity contribution in [3.05, 3.63) is 18.0 Å². The molecule has 0 aromatic carbocycles. The fourth-order valence-electron chi connectivity index (χ4n) is 1.80. The highest BCUT2D eigenvalue weighted by atomic mass is 32.2. The first-order valence-corrected chi connectivity index (χ1v) is 7.69. The Bertz CT molecular complexity index is 453. The van der Waals surface area contributed by atoms with E-state index in [0.717, 1.165) is 12.1 Å². The number of aromatic nitrogens is 2. The third-order valence-corrected chi connectivity index (χ3v) is 4.60. The highest BCUT2D eigenvalue weighted by Crippen LogP contribution is 2.10. The Morgan fingerprint density at radius 1 is 1.53 bits per heavy atom. The van der Waals surface area contributed by atoms with Gasteiger partial charge in [-0.3, -0.25) is 4.68 Å². The molecule has 0 radical (unpaired) electrons. The van der Waals surface area contributed by atoms with Crippen LogP contribution in [0.4, 0.5) is 0 Å². The maximum absolute atomic E-state index is 11.6. The largest absolute Gasteiger partial charge is 0.313 e. The first-order chi connectivity index (χ1) is 7.84. The first kappa shape index (κ1) is 14.2. The molecule has 1 rings (SSSR count).